The molecule has 4 heteroatoms. The van der Waals surface area contributed by atoms with Crippen molar-refractivity contribution >= 4 is 5.78 Å². The predicted octanol–water partition coefficient (Wildman–Crippen LogP) is 1.61. The average molecular weight is 168 g/mol. The second-order valence-electron chi connectivity index (χ2n) is 3.72. The molecule has 0 N–H and O–H groups in total. The monoisotopic (exact) mass is 168 g/mol. The highest BCUT2D eigenvalue weighted by Gasteiger charge is 2.26. The maximum atomic E-state index is 11.5. The molecule has 0 fully saturated rings. The second kappa shape index (κ2) is 2.69. The first-order valence-corrected chi connectivity index (χ1v) is 3.76. The van der Waals surface area contributed by atoms with Gasteiger partial charge < -0.3 is 4.52 Å². The van der Waals surface area contributed by atoms with E-state index in [0.29, 0.717) is 5.89 Å². The smallest absolute Gasteiger partial charge is 0.239 e. The quantitative estimate of drug-likeness (QED) is 0.598. The predicted molar refractivity (Wildman–Crippen MR) is 42.8 cm³/mol. The van der Waals surface area contributed by atoms with Crippen molar-refractivity contribution in [2.45, 2.75) is 27.7 Å². The normalized spacial score (nSPS) is 11.7. The zero-order valence-electron chi connectivity index (χ0n) is 7.71. The summed E-state index contributed by atoms with van der Waals surface area (Å²) in [7, 11) is 0. The summed E-state index contributed by atoms with van der Waals surface area (Å²) in [6, 6.07) is 0. The average Bonchev–Trinajstić information content (AvgIpc) is 2.32. The van der Waals surface area contributed by atoms with Crippen molar-refractivity contribution in [3.63, 3.8) is 0 Å². The Kier molecular flexibility index (Phi) is 2.00. The van der Waals surface area contributed by atoms with E-state index >= 15 is 0 Å². The SMILES string of the molecule is Cc1nc(C(=O)C(C)(C)C)no1. The number of carbonyl (C=O) groups excluding carboxylic acids is 1. The van der Waals surface area contributed by atoms with Gasteiger partial charge in [0.15, 0.2) is 0 Å². The third-order valence-electron chi connectivity index (χ3n) is 1.41. The minimum Gasteiger partial charge on any atom is -0.339 e. The van der Waals surface area contributed by atoms with Crippen LogP contribution in [-0.4, -0.2) is 15.9 Å². The van der Waals surface area contributed by atoms with Crippen LogP contribution in [-0.2, 0) is 0 Å². The van der Waals surface area contributed by atoms with Gasteiger partial charge in [-0.1, -0.05) is 25.9 Å². The summed E-state index contributed by atoms with van der Waals surface area (Å²) in [6.07, 6.45) is 0. The number of aromatic nitrogens is 2. The lowest BCUT2D eigenvalue weighted by Crippen LogP contribution is -2.21. The molecule has 0 aliphatic carbocycles. The van der Waals surface area contributed by atoms with Gasteiger partial charge in [-0.15, -0.1) is 0 Å². The number of hydrogen-bond donors (Lipinski definition) is 0. The van der Waals surface area contributed by atoms with E-state index in [1.165, 1.54) is 0 Å². The van der Waals surface area contributed by atoms with Crippen LogP contribution in [0.1, 0.15) is 37.3 Å². The molecule has 0 spiro atoms. The number of Topliss-reactive ketones (excluding diaryl/α,β-unsaturated/α-hetero) is 1. The number of rotatable bonds is 1. The Morgan fingerprint density at radius 3 is 2.33 bits per heavy atom. The van der Waals surface area contributed by atoms with Crippen molar-refractivity contribution in [3.05, 3.63) is 11.7 Å². The molecule has 4 nitrogen and oxygen atoms in total. The van der Waals surface area contributed by atoms with Crippen molar-refractivity contribution < 1.29 is 9.32 Å². The number of aryl methyl sites for hydroxylation is 1. The fourth-order valence-corrected chi connectivity index (χ4v) is 0.727. The van der Waals surface area contributed by atoms with E-state index in [4.69, 9.17) is 4.52 Å². The summed E-state index contributed by atoms with van der Waals surface area (Å²) in [5, 5.41) is 3.55. The first-order chi connectivity index (χ1) is 5.41. The second-order valence-corrected chi connectivity index (χ2v) is 3.72. The zero-order valence-corrected chi connectivity index (χ0v) is 7.71. The Morgan fingerprint density at radius 1 is 1.42 bits per heavy atom. The van der Waals surface area contributed by atoms with Crippen LogP contribution in [0.5, 0.6) is 0 Å². The third kappa shape index (κ3) is 1.69. The molecule has 1 heterocycles. The third-order valence-corrected chi connectivity index (χ3v) is 1.41. The van der Waals surface area contributed by atoms with Crippen molar-refractivity contribution in [2.75, 3.05) is 0 Å². The van der Waals surface area contributed by atoms with E-state index in [-0.39, 0.29) is 11.6 Å². The summed E-state index contributed by atoms with van der Waals surface area (Å²) < 4.78 is 4.70. The van der Waals surface area contributed by atoms with Crippen LogP contribution in [0.3, 0.4) is 0 Å². The minimum absolute atomic E-state index is 0.0978. The number of nitrogens with zero attached hydrogens (tertiary/aromatic N) is 2. The Labute approximate surface area is 71.0 Å². The van der Waals surface area contributed by atoms with Gasteiger partial charge in [0.25, 0.3) is 0 Å². The summed E-state index contributed by atoms with van der Waals surface area (Å²) in [5.41, 5.74) is -0.448. The van der Waals surface area contributed by atoms with Gasteiger partial charge in [-0.25, -0.2) is 0 Å². The fraction of sp³-hybridized carbons (Fsp3) is 0.625. The van der Waals surface area contributed by atoms with E-state index in [9.17, 15) is 4.79 Å². The molecule has 66 valence electrons. The molecular weight excluding hydrogens is 156 g/mol. The summed E-state index contributed by atoms with van der Waals surface area (Å²) in [6.45, 7) is 7.12. The zero-order chi connectivity index (χ0) is 9.35. The van der Waals surface area contributed by atoms with Crippen LogP contribution in [0.15, 0.2) is 4.52 Å². The molecule has 12 heavy (non-hydrogen) atoms. The Morgan fingerprint density at radius 2 is 2.00 bits per heavy atom. The molecule has 1 rings (SSSR count). The van der Waals surface area contributed by atoms with E-state index in [1.807, 2.05) is 20.8 Å². The topological polar surface area (TPSA) is 56.0 Å². The Bertz CT molecular complexity index is 296. The van der Waals surface area contributed by atoms with Gasteiger partial charge in [0.05, 0.1) is 0 Å². The first kappa shape index (κ1) is 8.90. The Hall–Kier alpha value is -1.19. The van der Waals surface area contributed by atoms with Gasteiger partial charge in [0.1, 0.15) is 0 Å². The molecule has 1 aromatic rings. The van der Waals surface area contributed by atoms with Gasteiger partial charge in [0.2, 0.25) is 17.5 Å². The lowest BCUT2D eigenvalue weighted by atomic mass is 9.90. The Balaban J connectivity index is 2.93. The molecule has 0 saturated heterocycles. The van der Waals surface area contributed by atoms with Crippen LogP contribution >= 0.6 is 0 Å². The van der Waals surface area contributed by atoms with Gasteiger partial charge in [-0.2, -0.15) is 4.98 Å². The van der Waals surface area contributed by atoms with E-state index in [1.54, 1.807) is 6.92 Å². The number of ketones is 1. The van der Waals surface area contributed by atoms with Crippen LogP contribution in [0.4, 0.5) is 0 Å². The fourth-order valence-electron chi connectivity index (χ4n) is 0.727. The first-order valence-electron chi connectivity index (χ1n) is 3.76. The molecule has 0 radical (unpaired) electrons. The van der Waals surface area contributed by atoms with Gasteiger partial charge in [-0.3, -0.25) is 4.79 Å². The van der Waals surface area contributed by atoms with Gasteiger partial charge >= 0.3 is 0 Å². The van der Waals surface area contributed by atoms with Crippen molar-refractivity contribution in [1.29, 1.82) is 0 Å². The van der Waals surface area contributed by atoms with Gasteiger partial charge in [-0.05, 0) is 0 Å². The standard InChI is InChI=1S/C8H12N2O2/c1-5-9-7(10-12-5)6(11)8(2,3)4/h1-4H3. The molecule has 0 atom stereocenters. The van der Waals surface area contributed by atoms with Crippen LogP contribution in [0.2, 0.25) is 0 Å². The molecule has 0 aromatic carbocycles. The lowest BCUT2D eigenvalue weighted by Gasteiger charge is -2.12. The van der Waals surface area contributed by atoms with E-state index < -0.39 is 5.41 Å². The molecule has 0 saturated carbocycles. The highest BCUT2D eigenvalue weighted by Crippen LogP contribution is 2.18. The summed E-state index contributed by atoms with van der Waals surface area (Å²) in [5.74, 6) is 0.488. The van der Waals surface area contributed by atoms with Crippen LogP contribution < -0.4 is 0 Å². The highest BCUT2D eigenvalue weighted by molar-refractivity contribution is 5.96. The maximum absolute atomic E-state index is 11.5. The molecule has 0 aliphatic rings. The number of hydrogen-bond acceptors (Lipinski definition) is 4. The molecule has 0 unspecified atom stereocenters. The molecule has 1 aromatic heterocycles. The minimum atomic E-state index is -0.448. The largest absolute Gasteiger partial charge is 0.339 e. The summed E-state index contributed by atoms with van der Waals surface area (Å²) in [4.78, 5) is 15.3. The van der Waals surface area contributed by atoms with Crippen LogP contribution in [0.25, 0.3) is 0 Å². The van der Waals surface area contributed by atoms with Gasteiger partial charge in [0, 0.05) is 12.3 Å². The lowest BCUT2D eigenvalue weighted by molar-refractivity contribution is 0.0844. The molecule has 0 bridgehead atoms. The van der Waals surface area contributed by atoms with Crippen molar-refractivity contribution in [2.24, 2.45) is 5.41 Å². The van der Waals surface area contributed by atoms with E-state index in [0.717, 1.165) is 0 Å². The molecule has 0 amide bonds. The summed E-state index contributed by atoms with van der Waals surface area (Å²) >= 11 is 0. The van der Waals surface area contributed by atoms with Crippen LogP contribution in [0, 0.1) is 12.3 Å². The van der Waals surface area contributed by atoms with Crippen molar-refractivity contribution in [3.8, 4) is 0 Å². The molecular formula is C8H12N2O2. The maximum Gasteiger partial charge on any atom is 0.239 e. The highest BCUT2D eigenvalue weighted by atomic mass is 16.5. The van der Waals surface area contributed by atoms with E-state index in [2.05, 4.69) is 10.1 Å². The van der Waals surface area contributed by atoms with Crippen molar-refractivity contribution in [1.82, 2.24) is 10.1 Å². The molecule has 0 aliphatic heterocycles. The number of carbonyl (C=O) groups is 1.